The van der Waals surface area contributed by atoms with Gasteiger partial charge in [0.15, 0.2) is 0 Å². The van der Waals surface area contributed by atoms with Crippen molar-refractivity contribution >= 4 is 5.97 Å². The van der Waals surface area contributed by atoms with Gasteiger partial charge in [-0.1, -0.05) is 102 Å². The van der Waals surface area contributed by atoms with Crippen LogP contribution in [0.2, 0.25) is 0 Å². The molecule has 2 nitrogen and oxygen atoms in total. The molecule has 0 heterocycles. The summed E-state index contributed by atoms with van der Waals surface area (Å²) >= 11 is 0. The van der Waals surface area contributed by atoms with Crippen LogP contribution in [-0.2, 0) is 9.53 Å². The number of carbonyl (C=O) groups is 1. The molecular formula is C25H40O2. The van der Waals surface area contributed by atoms with Gasteiger partial charge in [0.1, 0.15) is 6.10 Å². The summed E-state index contributed by atoms with van der Waals surface area (Å²) in [6.07, 6.45) is 16.1. The van der Waals surface area contributed by atoms with Crippen LogP contribution in [0.25, 0.3) is 0 Å². The zero-order chi connectivity index (χ0) is 19.3. The van der Waals surface area contributed by atoms with E-state index in [2.05, 4.69) is 38.1 Å². The van der Waals surface area contributed by atoms with Gasteiger partial charge in [0.2, 0.25) is 0 Å². The number of hydrogen-bond donors (Lipinski definition) is 0. The zero-order valence-corrected chi connectivity index (χ0v) is 17.6. The first-order valence-corrected chi connectivity index (χ1v) is 11.5. The molecule has 1 aromatic rings. The fourth-order valence-electron chi connectivity index (χ4n) is 3.98. The molecule has 1 aromatic carbocycles. The molecule has 1 aliphatic rings. The van der Waals surface area contributed by atoms with E-state index in [1.165, 1.54) is 63.4 Å². The van der Waals surface area contributed by atoms with Gasteiger partial charge < -0.3 is 4.74 Å². The highest BCUT2D eigenvalue weighted by Crippen LogP contribution is 2.48. The molecule has 2 rings (SSSR count). The number of carbonyl (C=O) groups excluding carboxylic acids is 1. The highest BCUT2D eigenvalue weighted by molar-refractivity contribution is 5.77. The molecule has 3 atom stereocenters. The molecule has 1 saturated carbocycles. The van der Waals surface area contributed by atoms with Crippen molar-refractivity contribution in [2.75, 3.05) is 0 Å². The van der Waals surface area contributed by atoms with Gasteiger partial charge in [0.25, 0.3) is 0 Å². The molecule has 2 heteroatoms. The Balaban J connectivity index is 1.65. The second-order valence-corrected chi connectivity index (χ2v) is 8.32. The highest BCUT2D eigenvalue weighted by atomic mass is 16.5. The maximum atomic E-state index is 12.6. The Hall–Kier alpha value is -1.31. The molecular weight excluding hydrogens is 332 g/mol. The van der Waals surface area contributed by atoms with Crippen molar-refractivity contribution in [1.82, 2.24) is 0 Å². The number of esters is 1. The number of ether oxygens (including phenoxy) is 1. The Morgan fingerprint density at radius 3 is 2.15 bits per heavy atom. The summed E-state index contributed by atoms with van der Waals surface area (Å²) in [5, 5.41) is 0. The topological polar surface area (TPSA) is 26.3 Å². The van der Waals surface area contributed by atoms with E-state index in [0.29, 0.717) is 5.92 Å². The lowest BCUT2D eigenvalue weighted by Crippen LogP contribution is -2.20. The number of unbranched alkanes of at least 4 members (excludes halogenated alkanes) is 8. The van der Waals surface area contributed by atoms with Crippen molar-refractivity contribution in [2.45, 2.75) is 109 Å². The Bertz CT molecular complexity index is 510. The predicted octanol–water partition coefficient (Wildman–Crippen LogP) is 7.42. The quantitative estimate of drug-likeness (QED) is 0.236. The lowest BCUT2D eigenvalue weighted by molar-refractivity contribution is -0.151. The van der Waals surface area contributed by atoms with Gasteiger partial charge in [-0.3, -0.25) is 4.79 Å². The zero-order valence-electron chi connectivity index (χ0n) is 17.6. The van der Waals surface area contributed by atoms with Gasteiger partial charge in [-0.05, 0) is 37.2 Å². The molecule has 27 heavy (non-hydrogen) atoms. The Labute approximate surface area is 167 Å². The summed E-state index contributed by atoms with van der Waals surface area (Å²) in [4.78, 5) is 12.6. The average Bonchev–Trinajstić information content (AvgIpc) is 3.49. The molecule has 0 saturated heterocycles. The van der Waals surface area contributed by atoms with Crippen LogP contribution in [0.4, 0.5) is 0 Å². The fraction of sp³-hybridized carbons (Fsp3) is 0.720. The summed E-state index contributed by atoms with van der Waals surface area (Å²) in [6.45, 7) is 4.48. The third-order valence-corrected chi connectivity index (χ3v) is 5.86. The molecule has 0 aromatic heterocycles. The van der Waals surface area contributed by atoms with Crippen molar-refractivity contribution in [3.8, 4) is 0 Å². The molecule has 0 radical (unpaired) electrons. The first-order valence-electron chi connectivity index (χ1n) is 11.5. The van der Waals surface area contributed by atoms with Crippen molar-refractivity contribution in [3.05, 3.63) is 35.9 Å². The molecule has 152 valence electrons. The Morgan fingerprint density at radius 2 is 1.48 bits per heavy atom. The van der Waals surface area contributed by atoms with Gasteiger partial charge in [0, 0.05) is 0 Å². The lowest BCUT2D eigenvalue weighted by atomic mass is 10.0. The smallest absolute Gasteiger partial charge is 0.309 e. The largest absolute Gasteiger partial charge is 0.462 e. The van der Waals surface area contributed by atoms with E-state index in [1.54, 1.807) is 0 Å². The van der Waals surface area contributed by atoms with E-state index in [0.717, 1.165) is 25.7 Å². The second kappa shape index (κ2) is 13.0. The Morgan fingerprint density at radius 1 is 0.889 bits per heavy atom. The van der Waals surface area contributed by atoms with Crippen LogP contribution < -0.4 is 0 Å². The third kappa shape index (κ3) is 8.49. The minimum Gasteiger partial charge on any atom is -0.462 e. The Kier molecular flexibility index (Phi) is 10.6. The highest BCUT2D eigenvalue weighted by Gasteiger charge is 2.45. The standard InChI is InChI=1S/C25H40O2/c1-3-5-7-8-9-10-11-15-19-22(18-6-4-2)27-25(26)24-20-23(24)21-16-13-12-14-17-21/h12-14,16-17,22-24H,3-11,15,18-20H2,1-2H3. The van der Waals surface area contributed by atoms with Crippen molar-refractivity contribution in [2.24, 2.45) is 5.92 Å². The van der Waals surface area contributed by atoms with Crippen LogP contribution in [0.1, 0.15) is 109 Å². The van der Waals surface area contributed by atoms with Crippen LogP contribution in [-0.4, -0.2) is 12.1 Å². The van der Waals surface area contributed by atoms with Gasteiger partial charge in [-0.2, -0.15) is 0 Å². The molecule has 0 N–H and O–H groups in total. The second-order valence-electron chi connectivity index (χ2n) is 8.32. The van der Waals surface area contributed by atoms with Gasteiger partial charge >= 0.3 is 5.97 Å². The van der Waals surface area contributed by atoms with Gasteiger partial charge in [-0.25, -0.2) is 0 Å². The maximum absolute atomic E-state index is 12.6. The predicted molar refractivity (Wildman–Crippen MR) is 114 cm³/mol. The van der Waals surface area contributed by atoms with E-state index in [9.17, 15) is 4.79 Å². The molecule has 1 fully saturated rings. The molecule has 0 bridgehead atoms. The summed E-state index contributed by atoms with van der Waals surface area (Å²) in [6, 6.07) is 10.4. The van der Waals surface area contributed by atoms with E-state index in [1.807, 2.05) is 6.07 Å². The van der Waals surface area contributed by atoms with E-state index in [-0.39, 0.29) is 18.0 Å². The van der Waals surface area contributed by atoms with Crippen LogP contribution in [0.15, 0.2) is 30.3 Å². The lowest BCUT2D eigenvalue weighted by Gasteiger charge is -2.18. The van der Waals surface area contributed by atoms with Crippen LogP contribution >= 0.6 is 0 Å². The monoisotopic (exact) mass is 372 g/mol. The van der Waals surface area contributed by atoms with Gasteiger partial charge in [-0.15, -0.1) is 0 Å². The van der Waals surface area contributed by atoms with Crippen LogP contribution in [0, 0.1) is 5.92 Å². The van der Waals surface area contributed by atoms with E-state index < -0.39 is 0 Å². The van der Waals surface area contributed by atoms with Gasteiger partial charge in [0.05, 0.1) is 5.92 Å². The van der Waals surface area contributed by atoms with Crippen molar-refractivity contribution < 1.29 is 9.53 Å². The number of benzene rings is 1. The normalized spacial score (nSPS) is 19.6. The molecule has 1 aliphatic carbocycles. The summed E-state index contributed by atoms with van der Waals surface area (Å²) in [5.74, 6) is 0.522. The molecule has 3 unspecified atom stereocenters. The van der Waals surface area contributed by atoms with Crippen molar-refractivity contribution in [3.63, 3.8) is 0 Å². The molecule has 0 amide bonds. The minimum atomic E-state index is 0.0459. The third-order valence-electron chi connectivity index (χ3n) is 5.86. The van der Waals surface area contributed by atoms with Crippen LogP contribution in [0.5, 0.6) is 0 Å². The minimum absolute atomic E-state index is 0.0459. The van der Waals surface area contributed by atoms with E-state index in [4.69, 9.17) is 4.74 Å². The summed E-state index contributed by atoms with van der Waals surface area (Å²) in [7, 11) is 0. The SMILES string of the molecule is CCCCCCCCCCC(CCCC)OC(=O)C1CC1c1ccccc1. The first kappa shape index (κ1) is 22.0. The number of hydrogen-bond acceptors (Lipinski definition) is 2. The number of rotatable bonds is 15. The van der Waals surface area contributed by atoms with Crippen molar-refractivity contribution in [1.29, 1.82) is 0 Å². The molecule has 0 aliphatic heterocycles. The van der Waals surface area contributed by atoms with Crippen LogP contribution in [0.3, 0.4) is 0 Å². The van der Waals surface area contributed by atoms with E-state index >= 15 is 0 Å². The average molecular weight is 373 g/mol. The fourth-order valence-corrected chi connectivity index (χ4v) is 3.98. The summed E-state index contributed by atoms with van der Waals surface area (Å²) in [5.41, 5.74) is 1.28. The molecule has 0 spiro atoms. The first-order chi connectivity index (χ1) is 13.3. The summed E-state index contributed by atoms with van der Waals surface area (Å²) < 4.78 is 5.95. The maximum Gasteiger partial charge on any atom is 0.309 e.